The number of anilines is 1. The number of benzene rings is 2. The van der Waals surface area contributed by atoms with E-state index in [1.165, 1.54) is 0 Å². The fourth-order valence-electron chi connectivity index (χ4n) is 3.77. The van der Waals surface area contributed by atoms with Gasteiger partial charge in [0.25, 0.3) is 5.91 Å². The average Bonchev–Trinajstić information content (AvgIpc) is 3.17. The summed E-state index contributed by atoms with van der Waals surface area (Å²) in [6.45, 7) is 7.02. The van der Waals surface area contributed by atoms with Crippen LogP contribution in [0.15, 0.2) is 54.6 Å². The highest BCUT2D eigenvalue weighted by Gasteiger charge is 2.23. The summed E-state index contributed by atoms with van der Waals surface area (Å²) in [5.41, 5.74) is 2.33. The second-order valence-electron chi connectivity index (χ2n) is 9.17. The Labute approximate surface area is 184 Å². The van der Waals surface area contributed by atoms with Crippen LogP contribution >= 0.6 is 0 Å². The lowest BCUT2D eigenvalue weighted by Crippen LogP contribution is -2.39. The minimum atomic E-state index is -0.318. The summed E-state index contributed by atoms with van der Waals surface area (Å²) in [6, 6.07) is 16.6. The van der Waals surface area contributed by atoms with E-state index < -0.39 is 0 Å². The third kappa shape index (κ3) is 6.41. The first-order valence-corrected chi connectivity index (χ1v) is 10.8. The highest BCUT2D eigenvalue weighted by Crippen LogP contribution is 2.29. The van der Waals surface area contributed by atoms with E-state index in [9.17, 15) is 14.4 Å². The minimum absolute atomic E-state index is 0.0372. The number of carbonyl (C=O) groups excluding carboxylic acids is 3. The molecule has 3 amide bonds. The SMILES string of the molecule is CC(C)(C)CC(NC(=O)CNC(=O)c1ccc(N2CCCC2=O)cc1)c1ccccc1. The largest absolute Gasteiger partial charge is 0.348 e. The van der Waals surface area contributed by atoms with Crippen molar-refractivity contribution in [2.75, 3.05) is 18.0 Å². The number of hydrogen-bond acceptors (Lipinski definition) is 3. The first kappa shape index (κ1) is 22.5. The monoisotopic (exact) mass is 421 g/mol. The van der Waals surface area contributed by atoms with Gasteiger partial charge in [-0.1, -0.05) is 51.1 Å². The van der Waals surface area contributed by atoms with Crippen LogP contribution in [0.5, 0.6) is 0 Å². The molecule has 2 aromatic carbocycles. The predicted molar refractivity (Wildman–Crippen MR) is 122 cm³/mol. The molecule has 6 nitrogen and oxygen atoms in total. The molecule has 1 heterocycles. The Balaban J connectivity index is 1.56. The molecule has 6 heteroatoms. The third-order valence-corrected chi connectivity index (χ3v) is 5.28. The fraction of sp³-hybridized carbons (Fsp3) is 0.400. The van der Waals surface area contributed by atoms with Gasteiger partial charge in [-0.25, -0.2) is 0 Å². The molecule has 0 radical (unpaired) electrons. The Morgan fingerprint density at radius 2 is 1.71 bits per heavy atom. The van der Waals surface area contributed by atoms with Gasteiger partial charge in [0.1, 0.15) is 0 Å². The van der Waals surface area contributed by atoms with E-state index in [2.05, 4.69) is 31.4 Å². The van der Waals surface area contributed by atoms with Crippen LogP contribution in [0.2, 0.25) is 0 Å². The lowest BCUT2D eigenvalue weighted by atomic mass is 9.85. The quantitative estimate of drug-likeness (QED) is 0.713. The number of hydrogen-bond donors (Lipinski definition) is 2. The molecule has 1 fully saturated rings. The smallest absolute Gasteiger partial charge is 0.251 e. The van der Waals surface area contributed by atoms with Crippen molar-refractivity contribution in [3.63, 3.8) is 0 Å². The summed E-state index contributed by atoms with van der Waals surface area (Å²) in [5.74, 6) is -0.440. The second-order valence-corrected chi connectivity index (χ2v) is 9.17. The summed E-state index contributed by atoms with van der Waals surface area (Å²) in [4.78, 5) is 38.6. The van der Waals surface area contributed by atoms with Gasteiger partial charge in [0.2, 0.25) is 11.8 Å². The van der Waals surface area contributed by atoms with Crippen LogP contribution in [0.25, 0.3) is 0 Å². The van der Waals surface area contributed by atoms with Gasteiger partial charge in [0, 0.05) is 24.2 Å². The summed E-state index contributed by atoms with van der Waals surface area (Å²) in [6.07, 6.45) is 2.21. The molecule has 0 bridgehead atoms. The molecule has 0 saturated carbocycles. The molecule has 2 aromatic rings. The maximum Gasteiger partial charge on any atom is 0.251 e. The van der Waals surface area contributed by atoms with E-state index >= 15 is 0 Å². The van der Waals surface area contributed by atoms with Crippen LogP contribution in [-0.4, -0.2) is 30.8 Å². The lowest BCUT2D eigenvalue weighted by molar-refractivity contribution is -0.121. The molecule has 1 atom stereocenters. The van der Waals surface area contributed by atoms with Gasteiger partial charge in [0.05, 0.1) is 12.6 Å². The van der Waals surface area contributed by atoms with Crippen LogP contribution in [0.4, 0.5) is 5.69 Å². The highest BCUT2D eigenvalue weighted by atomic mass is 16.2. The Kier molecular flexibility index (Phi) is 7.10. The first-order valence-electron chi connectivity index (χ1n) is 10.8. The van der Waals surface area contributed by atoms with E-state index in [1.807, 2.05) is 30.3 Å². The molecule has 1 aliphatic heterocycles. The Morgan fingerprint density at radius 3 is 2.29 bits per heavy atom. The van der Waals surface area contributed by atoms with E-state index in [-0.39, 0.29) is 35.7 Å². The predicted octanol–water partition coefficient (Wildman–Crippen LogP) is 3.84. The average molecular weight is 422 g/mol. The number of carbonyl (C=O) groups is 3. The van der Waals surface area contributed by atoms with Crippen LogP contribution in [0.3, 0.4) is 0 Å². The maximum atomic E-state index is 12.5. The normalized spacial score (nSPS) is 14.9. The van der Waals surface area contributed by atoms with E-state index in [0.717, 1.165) is 24.1 Å². The zero-order valence-corrected chi connectivity index (χ0v) is 18.5. The Hall–Kier alpha value is -3.15. The zero-order chi connectivity index (χ0) is 22.4. The van der Waals surface area contributed by atoms with Gasteiger partial charge in [-0.15, -0.1) is 0 Å². The van der Waals surface area contributed by atoms with E-state index in [0.29, 0.717) is 18.5 Å². The molecule has 0 spiro atoms. The molecule has 1 saturated heterocycles. The summed E-state index contributed by atoms with van der Waals surface area (Å²) < 4.78 is 0. The summed E-state index contributed by atoms with van der Waals surface area (Å²) >= 11 is 0. The van der Waals surface area contributed by atoms with Gasteiger partial charge in [0.15, 0.2) is 0 Å². The van der Waals surface area contributed by atoms with E-state index in [1.54, 1.807) is 29.2 Å². The minimum Gasteiger partial charge on any atom is -0.348 e. The van der Waals surface area contributed by atoms with Crippen molar-refractivity contribution < 1.29 is 14.4 Å². The van der Waals surface area contributed by atoms with Crippen molar-refractivity contribution in [3.05, 3.63) is 65.7 Å². The topological polar surface area (TPSA) is 78.5 Å². The standard InChI is InChI=1S/C25H31N3O3/c1-25(2,3)16-21(18-8-5-4-6-9-18)27-22(29)17-26-24(31)19-11-13-20(14-12-19)28-15-7-10-23(28)30/h4-6,8-9,11-14,21H,7,10,15-17H2,1-3H3,(H,26,31)(H,27,29). The first-order chi connectivity index (χ1) is 14.7. The molecular formula is C25H31N3O3. The molecule has 0 aliphatic carbocycles. The van der Waals surface area contributed by atoms with Crippen LogP contribution in [0, 0.1) is 5.41 Å². The summed E-state index contributed by atoms with van der Waals surface area (Å²) in [7, 11) is 0. The van der Waals surface area contributed by atoms with E-state index in [4.69, 9.17) is 0 Å². The van der Waals surface area contributed by atoms with Gasteiger partial charge >= 0.3 is 0 Å². The Bertz CT molecular complexity index is 917. The molecule has 2 N–H and O–H groups in total. The molecule has 0 aromatic heterocycles. The third-order valence-electron chi connectivity index (χ3n) is 5.28. The highest BCUT2D eigenvalue weighted by molar-refractivity contribution is 5.98. The van der Waals surface area contributed by atoms with Crippen molar-refractivity contribution in [1.29, 1.82) is 0 Å². The molecule has 1 aliphatic rings. The number of amides is 3. The number of nitrogens with zero attached hydrogens (tertiary/aromatic N) is 1. The van der Waals surface area contributed by atoms with Crippen LogP contribution in [0.1, 0.15) is 62.0 Å². The molecule has 3 rings (SSSR count). The lowest BCUT2D eigenvalue weighted by Gasteiger charge is -2.27. The van der Waals surface area contributed by atoms with Gasteiger partial charge in [-0.2, -0.15) is 0 Å². The molecule has 1 unspecified atom stereocenters. The van der Waals surface area contributed by atoms with Crippen molar-refractivity contribution >= 4 is 23.4 Å². The molecule has 31 heavy (non-hydrogen) atoms. The zero-order valence-electron chi connectivity index (χ0n) is 18.5. The van der Waals surface area contributed by atoms with Gasteiger partial charge < -0.3 is 15.5 Å². The van der Waals surface area contributed by atoms with Crippen molar-refractivity contribution in [1.82, 2.24) is 10.6 Å². The van der Waals surface area contributed by atoms with Gasteiger partial charge in [-0.3, -0.25) is 14.4 Å². The van der Waals surface area contributed by atoms with Crippen LogP contribution in [-0.2, 0) is 9.59 Å². The van der Waals surface area contributed by atoms with Gasteiger partial charge in [-0.05, 0) is 48.1 Å². The molecular weight excluding hydrogens is 390 g/mol. The number of rotatable bonds is 7. The summed E-state index contributed by atoms with van der Waals surface area (Å²) in [5, 5.41) is 5.73. The van der Waals surface area contributed by atoms with Crippen molar-refractivity contribution in [2.45, 2.75) is 46.1 Å². The second kappa shape index (κ2) is 9.77. The maximum absolute atomic E-state index is 12.5. The molecule has 164 valence electrons. The number of nitrogens with one attached hydrogen (secondary N) is 2. The van der Waals surface area contributed by atoms with Crippen molar-refractivity contribution in [2.24, 2.45) is 5.41 Å². The fourth-order valence-corrected chi connectivity index (χ4v) is 3.77. The Morgan fingerprint density at radius 1 is 1.03 bits per heavy atom. The van der Waals surface area contributed by atoms with Crippen molar-refractivity contribution in [3.8, 4) is 0 Å². The van der Waals surface area contributed by atoms with Crippen LogP contribution < -0.4 is 15.5 Å².